The molecule has 0 unspecified atom stereocenters. The van der Waals surface area contributed by atoms with E-state index in [9.17, 15) is 13.6 Å². The number of nitriles is 1. The van der Waals surface area contributed by atoms with Crippen LogP contribution < -0.4 is 5.32 Å². The third-order valence-electron chi connectivity index (χ3n) is 2.81. The van der Waals surface area contributed by atoms with Crippen LogP contribution in [0.3, 0.4) is 0 Å². The van der Waals surface area contributed by atoms with Crippen LogP contribution in [0.1, 0.15) is 21.5 Å². The van der Waals surface area contributed by atoms with E-state index in [2.05, 4.69) is 5.32 Å². The summed E-state index contributed by atoms with van der Waals surface area (Å²) in [5.41, 5.74) is 0.568. The zero-order chi connectivity index (χ0) is 14.7. The lowest BCUT2D eigenvalue weighted by atomic mass is 10.1. The van der Waals surface area contributed by atoms with Gasteiger partial charge in [0, 0.05) is 5.56 Å². The molecule has 2 rings (SSSR count). The molecule has 1 amide bonds. The first-order valence-corrected chi connectivity index (χ1v) is 5.79. The van der Waals surface area contributed by atoms with Crippen LogP contribution in [0.15, 0.2) is 36.4 Å². The second-order valence-corrected chi connectivity index (χ2v) is 4.19. The van der Waals surface area contributed by atoms with Crippen LogP contribution in [-0.4, -0.2) is 5.91 Å². The fraction of sp³-hybridized carbons (Fsp3) is 0.0667. The lowest BCUT2D eigenvalue weighted by molar-refractivity contribution is 0.102. The van der Waals surface area contributed by atoms with Gasteiger partial charge in [0.05, 0.1) is 5.69 Å². The number of carbonyl (C=O) groups is 1. The second-order valence-electron chi connectivity index (χ2n) is 4.19. The van der Waals surface area contributed by atoms with Gasteiger partial charge in [-0.1, -0.05) is 6.07 Å². The summed E-state index contributed by atoms with van der Waals surface area (Å²) in [5.74, 6) is -1.67. The summed E-state index contributed by atoms with van der Waals surface area (Å²) in [5, 5.41) is 11.3. The first kappa shape index (κ1) is 13.7. The largest absolute Gasteiger partial charge is 0.321 e. The predicted molar refractivity (Wildman–Crippen MR) is 70.2 cm³/mol. The van der Waals surface area contributed by atoms with Gasteiger partial charge in [-0.2, -0.15) is 5.26 Å². The lowest BCUT2D eigenvalue weighted by Gasteiger charge is -2.09. The van der Waals surface area contributed by atoms with Crippen LogP contribution in [0.2, 0.25) is 0 Å². The van der Waals surface area contributed by atoms with Crippen LogP contribution in [0, 0.1) is 29.9 Å². The zero-order valence-electron chi connectivity index (χ0n) is 10.6. The minimum atomic E-state index is -0.707. The van der Waals surface area contributed by atoms with Gasteiger partial charge in [0.25, 0.3) is 5.91 Å². The molecule has 20 heavy (non-hydrogen) atoms. The molecule has 1 N–H and O–H groups in total. The molecule has 0 aliphatic heterocycles. The Morgan fingerprint density at radius 2 is 2.00 bits per heavy atom. The van der Waals surface area contributed by atoms with E-state index in [0.29, 0.717) is 5.56 Å². The lowest BCUT2D eigenvalue weighted by Crippen LogP contribution is -2.14. The van der Waals surface area contributed by atoms with Crippen molar-refractivity contribution in [3.05, 3.63) is 64.7 Å². The molecule has 2 aromatic rings. The van der Waals surface area contributed by atoms with Crippen molar-refractivity contribution in [2.75, 3.05) is 5.32 Å². The van der Waals surface area contributed by atoms with E-state index in [0.717, 1.165) is 6.07 Å². The molecule has 0 aliphatic rings. The third kappa shape index (κ3) is 2.64. The van der Waals surface area contributed by atoms with Crippen LogP contribution in [0.4, 0.5) is 14.5 Å². The van der Waals surface area contributed by atoms with Gasteiger partial charge in [-0.3, -0.25) is 4.79 Å². The number of benzene rings is 2. The average molecular weight is 272 g/mol. The van der Waals surface area contributed by atoms with Gasteiger partial charge < -0.3 is 5.32 Å². The molecule has 0 saturated carbocycles. The monoisotopic (exact) mass is 272 g/mol. The molecule has 0 bridgehead atoms. The van der Waals surface area contributed by atoms with Crippen molar-refractivity contribution in [1.29, 1.82) is 5.26 Å². The number of nitrogens with one attached hydrogen (secondary N) is 1. The van der Waals surface area contributed by atoms with Crippen molar-refractivity contribution in [2.45, 2.75) is 6.92 Å². The molecule has 0 saturated heterocycles. The number of halogens is 2. The number of nitrogens with zero attached hydrogens (tertiary/aromatic N) is 1. The molecule has 100 valence electrons. The Balaban J connectivity index is 2.33. The Kier molecular flexibility index (Phi) is 3.76. The van der Waals surface area contributed by atoms with Gasteiger partial charge in [-0.05, 0) is 42.8 Å². The quantitative estimate of drug-likeness (QED) is 0.911. The SMILES string of the molecule is Cc1cc(F)ccc1C(=O)Nc1cccc(F)c1C#N. The van der Waals surface area contributed by atoms with Crippen LogP contribution in [-0.2, 0) is 0 Å². The molecule has 3 nitrogen and oxygen atoms in total. The van der Waals surface area contributed by atoms with E-state index in [-0.39, 0.29) is 16.8 Å². The standard InChI is InChI=1S/C15H10F2N2O/c1-9-7-10(16)5-6-11(9)15(20)19-14-4-2-3-13(17)12(14)8-18/h2-7H,1H3,(H,19,20). The minimum absolute atomic E-state index is 0.0845. The Labute approximate surface area is 114 Å². The Morgan fingerprint density at radius 3 is 2.65 bits per heavy atom. The summed E-state index contributed by atoms with van der Waals surface area (Å²) in [6.45, 7) is 1.59. The topological polar surface area (TPSA) is 52.9 Å². The summed E-state index contributed by atoms with van der Waals surface area (Å²) in [6.07, 6.45) is 0. The fourth-order valence-electron chi connectivity index (χ4n) is 1.81. The summed E-state index contributed by atoms with van der Waals surface area (Å²) < 4.78 is 26.4. The van der Waals surface area contributed by atoms with E-state index in [1.807, 2.05) is 0 Å². The minimum Gasteiger partial charge on any atom is -0.321 e. The highest BCUT2D eigenvalue weighted by molar-refractivity contribution is 6.05. The number of anilines is 1. The predicted octanol–water partition coefficient (Wildman–Crippen LogP) is 3.40. The smallest absolute Gasteiger partial charge is 0.255 e. The van der Waals surface area contributed by atoms with Crippen LogP contribution >= 0.6 is 0 Å². The van der Waals surface area contributed by atoms with Crippen LogP contribution in [0.5, 0.6) is 0 Å². The third-order valence-corrected chi connectivity index (χ3v) is 2.81. The summed E-state index contributed by atoms with van der Waals surface area (Å²) in [7, 11) is 0. The fourth-order valence-corrected chi connectivity index (χ4v) is 1.81. The maximum Gasteiger partial charge on any atom is 0.255 e. The van der Waals surface area contributed by atoms with Gasteiger partial charge in [0.1, 0.15) is 23.3 Å². The van der Waals surface area contributed by atoms with Gasteiger partial charge >= 0.3 is 0 Å². The second kappa shape index (κ2) is 5.49. The normalized spacial score (nSPS) is 9.90. The molecular formula is C15H10F2N2O. The van der Waals surface area contributed by atoms with E-state index in [1.165, 1.54) is 30.3 Å². The first-order valence-electron chi connectivity index (χ1n) is 5.79. The van der Waals surface area contributed by atoms with Crippen molar-refractivity contribution in [3.8, 4) is 6.07 Å². The van der Waals surface area contributed by atoms with E-state index >= 15 is 0 Å². The maximum atomic E-state index is 13.4. The molecule has 0 radical (unpaired) electrons. The van der Waals surface area contributed by atoms with Crippen molar-refractivity contribution in [1.82, 2.24) is 0 Å². The molecule has 0 fully saturated rings. The number of aryl methyl sites for hydroxylation is 1. The van der Waals surface area contributed by atoms with E-state index in [1.54, 1.807) is 13.0 Å². The maximum absolute atomic E-state index is 13.4. The van der Waals surface area contributed by atoms with Crippen molar-refractivity contribution < 1.29 is 13.6 Å². The molecular weight excluding hydrogens is 262 g/mol. The number of hydrogen-bond donors (Lipinski definition) is 1. The highest BCUT2D eigenvalue weighted by atomic mass is 19.1. The van der Waals surface area contributed by atoms with Crippen molar-refractivity contribution >= 4 is 11.6 Å². The van der Waals surface area contributed by atoms with E-state index < -0.39 is 17.5 Å². The Hall–Kier alpha value is -2.74. The first-order chi connectivity index (χ1) is 9.52. The summed E-state index contributed by atoms with van der Waals surface area (Å²) in [4.78, 5) is 12.1. The van der Waals surface area contributed by atoms with Gasteiger partial charge in [-0.25, -0.2) is 8.78 Å². The van der Waals surface area contributed by atoms with Gasteiger partial charge in [0.15, 0.2) is 0 Å². The Morgan fingerprint density at radius 1 is 1.25 bits per heavy atom. The van der Waals surface area contributed by atoms with Gasteiger partial charge in [0.2, 0.25) is 0 Å². The highest BCUT2D eigenvalue weighted by Crippen LogP contribution is 2.19. The molecule has 0 atom stereocenters. The molecule has 0 heterocycles. The molecule has 0 aliphatic carbocycles. The Bertz CT molecular complexity index is 720. The average Bonchev–Trinajstić information content (AvgIpc) is 2.38. The molecule has 0 aromatic heterocycles. The number of amides is 1. The van der Waals surface area contributed by atoms with Crippen molar-refractivity contribution in [3.63, 3.8) is 0 Å². The number of rotatable bonds is 2. The molecule has 2 aromatic carbocycles. The molecule has 0 spiro atoms. The van der Waals surface area contributed by atoms with Crippen molar-refractivity contribution in [2.24, 2.45) is 0 Å². The molecule has 5 heteroatoms. The van der Waals surface area contributed by atoms with E-state index in [4.69, 9.17) is 5.26 Å². The van der Waals surface area contributed by atoms with Gasteiger partial charge in [-0.15, -0.1) is 0 Å². The number of hydrogen-bond acceptors (Lipinski definition) is 2. The highest BCUT2D eigenvalue weighted by Gasteiger charge is 2.14. The summed E-state index contributed by atoms with van der Waals surface area (Å²) >= 11 is 0. The number of carbonyl (C=O) groups excluding carboxylic acids is 1. The summed E-state index contributed by atoms with van der Waals surface area (Å²) in [6, 6.07) is 9.38. The van der Waals surface area contributed by atoms with Crippen LogP contribution in [0.25, 0.3) is 0 Å². The zero-order valence-corrected chi connectivity index (χ0v) is 10.6.